The highest BCUT2D eigenvalue weighted by molar-refractivity contribution is 5.85. The van der Waals surface area contributed by atoms with Gasteiger partial charge in [0.05, 0.1) is 18.8 Å². The van der Waals surface area contributed by atoms with Gasteiger partial charge in [0.25, 0.3) is 0 Å². The van der Waals surface area contributed by atoms with Gasteiger partial charge < -0.3 is 15.2 Å². The van der Waals surface area contributed by atoms with E-state index in [0.29, 0.717) is 6.07 Å². The second-order valence-corrected chi connectivity index (χ2v) is 7.15. The van der Waals surface area contributed by atoms with Crippen molar-refractivity contribution < 1.29 is 27.4 Å². The summed E-state index contributed by atoms with van der Waals surface area (Å²) in [7, 11) is 0. The SMILES string of the molecule is Cl.OCC(OCC1(c2ccccc2)CCNCC1)c1cc(F)cc(C(F)(F)F)c1. The highest BCUT2D eigenvalue weighted by atomic mass is 35.5. The largest absolute Gasteiger partial charge is 0.416 e. The lowest BCUT2D eigenvalue weighted by Gasteiger charge is -2.39. The molecule has 1 aliphatic heterocycles. The minimum atomic E-state index is -4.67. The van der Waals surface area contributed by atoms with Gasteiger partial charge in [-0.1, -0.05) is 30.3 Å². The molecule has 1 unspecified atom stereocenters. The summed E-state index contributed by atoms with van der Waals surface area (Å²) in [6, 6.07) is 12.1. The maximum absolute atomic E-state index is 13.7. The highest BCUT2D eigenvalue weighted by Gasteiger charge is 2.36. The summed E-state index contributed by atoms with van der Waals surface area (Å²) in [6.45, 7) is 1.27. The molecule has 0 amide bonds. The number of halogens is 5. The number of aliphatic hydroxyl groups is 1. The molecule has 8 heteroatoms. The molecule has 2 N–H and O–H groups in total. The standard InChI is InChI=1S/C21H23F4NO2.ClH/c22-18-11-15(10-17(12-18)21(23,24)25)19(13-27)28-14-20(6-8-26-9-7-20)16-4-2-1-3-5-16;/h1-5,10-12,19,26-27H,6-9,13-14H2;1H. The van der Waals surface area contributed by atoms with Crippen LogP contribution in [0.5, 0.6) is 0 Å². The molecule has 3 rings (SSSR count). The van der Waals surface area contributed by atoms with Crippen LogP contribution in [0.1, 0.15) is 35.6 Å². The molecular weight excluding hydrogens is 410 g/mol. The lowest BCUT2D eigenvalue weighted by molar-refractivity contribution is -0.138. The average molecular weight is 434 g/mol. The van der Waals surface area contributed by atoms with E-state index < -0.39 is 30.3 Å². The van der Waals surface area contributed by atoms with Crippen LogP contribution in [0.3, 0.4) is 0 Å². The van der Waals surface area contributed by atoms with Crippen LogP contribution in [0, 0.1) is 5.82 Å². The summed E-state index contributed by atoms with van der Waals surface area (Å²) in [6.07, 6.45) is -4.11. The summed E-state index contributed by atoms with van der Waals surface area (Å²) < 4.78 is 58.6. The summed E-state index contributed by atoms with van der Waals surface area (Å²) in [5.74, 6) is -1.01. The molecule has 0 spiro atoms. The van der Waals surface area contributed by atoms with Crippen molar-refractivity contribution in [3.05, 3.63) is 71.0 Å². The second kappa shape index (κ2) is 9.89. The normalized spacial score (nSPS) is 17.4. The van der Waals surface area contributed by atoms with E-state index >= 15 is 0 Å². The first-order valence-electron chi connectivity index (χ1n) is 9.20. The van der Waals surface area contributed by atoms with Crippen molar-refractivity contribution in [3.63, 3.8) is 0 Å². The van der Waals surface area contributed by atoms with Crippen LogP contribution in [-0.4, -0.2) is 31.4 Å². The zero-order chi connectivity index (χ0) is 20.2. The van der Waals surface area contributed by atoms with Crippen LogP contribution in [0.2, 0.25) is 0 Å². The van der Waals surface area contributed by atoms with Crippen LogP contribution >= 0.6 is 12.4 Å². The van der Waals surface area contributed by atoms with E-state index in [1.165, 1.54) is 0 Å². The van der Waals surface area contributed by atoms with E-state index in [9.17, 15) is 22.7 Å². The molecule has 0 aromatic heterocycles. The summed E-state index contributed by atoms with van der Waals surface area (Å²) in [5.41, 5.74) is -0.334. The Labute approximate surface area is 173 Å². The zero-order valence-corrected chi connectivity index (χ0v) is 16.5. The minimum absolute atomic E-state index is 0. The molecular formula is C21H24ClF4NO2. The first-order valence-corrected chi connectivity index (χ1v) is 9.20. The Bertz CT molecular complexity index is 780. The molecule has 0 aliphatic carbocycles. The molecule has 160 valence electrons. The Morgan fingerprint density at radius 1 is 1.07 bits per heavy atom. The van der Waals surface area contributed by atoms with Gasteiger partial charge in [-0.05, 0) is 55.3 Å². The molecule has 29 heavy (non-hydrogen) atoms. The van der Waals surface area contributed by atoms with Crippen molar-refractivity contribution in [2.75, 3.05) is 26.3 Å². The van der Waals surface area contributed by atoms with Crippen LogP contribution in [0.15, 0.2) is 48.5 Å². The third-order valence-corrected chi connectivity index (χ3v) is 5.29. The van der Waals surface area contributed by atoms with Crippen LogP contribution in [0.25, 0.3) is 0 Å². The Kier molecular flexibility index (Phi) is 8.05. The summed E-state index contributed by atoms with van der Waals surface area (Å²) in [5, 5.41) is 13.0. The number of ether oxygens (including phenoxy) is 1. The Hall–Kier alpha value is -1.67. The maximum Gasteiger partial charge on any atom is 0.416 e. The van der Waals surface area contributed by atoms with Crippen molar-refractivity contribution in [1.82, 2.24) is 5.32 Å². The predicted octanol–water partition coefficient (Wildman–Crippen LogP) is 4.64. The lowest BCUT2D eigenvalue weighted by Crippen LogP contribution is -2.43. The van der Waals surface area contributed by atoms with E-state index in [1.54, 1.807) is 0 Å². The van der Waals surface area contributed by atoms with Gasteiger partial charge in [-0.15, -0.1) is 12.4 Å². The highest BCUT2D eigenvalue weighted by Crippen LogP contribution is 2.36. The third kappa shape index (κ3) is 5.69. The van der Waals surface area contributed by atoms with Gasteiger partial charge >= 0.3 is 6.18 Å². The third-order valence-electron chi connectivity index (χ3n) is 5.29. The van der Waals surface area contributed by atoms with Crippen molar-refractivity contribution in [2.45, 2.75) is 30.5 Å². The molecule has 1 saturated heterocycles. The molecule has 1 atom stereocenters. The van der Waals surface area contributed by atoms with Crippen LogP contribution in [-0.2, 0) is 16.3 Å². The van der Waals surface area contributed by atoms with Crippen molar-refractivity contribution >= 4 is 12.4 Å². The molecule has 1 fully saturated rings. The number of rotatable bonds is 6. The van der Waals surface area contributed by atoms with E-state index in [0.717, 1.165) is 43.6 Å². The van der Waals surface area contributed by atoms with Gasteiger partial charge in [-0.2, -0.15) is 13.2 Å². The maximum atomic E-state index is 13.7. The molecule has 0 saturated carbocycles. The molecule has 1 heterocycles. The topological polar surface area (TPSA) is 41.5 Å². The van der Waals surface area contributed by atoms with Gasteiger partial charge in [0.15, 0.2) is 0 Å². The van der Waals surface area contributed by atoms with E-state index in [-0.39, 0.29) is 30.0 Å². The molecule has 0 bridgehead atoms. The Balaban J connectivity index is 0.00000300. The van der Waals surface area contributed by atoms with Crippen molar-refractivity contribution in [1.29, 1.82) is 0 Å². The number of nitrogens with one attached hydrogen (secondary N) is 1. The van der Waals surface area contributed by atoms with Crippen molar-refractivity contribution in [2.24, 2.45) is 0 Å². The van der Waals surface area contributed by atoms with E-state index in [2.05, 4.69) is 5.32 Å². The van der Waals surface area contributed by atoms with Gasteiger partial charge in [0.1, 0.15) is 11.9 Å². The summed E-state index contributed by atoms with van der Waals surface area (Å²) in [4.78, 5) is 0. The number of piperidine rings is 1. The molecule has 2 aromatic carbocycles. The Morgan fingerprint density at radius 3 is 2.31 bits per heavy atom. The molecule has 0 radical (unpaired) electrons. The predicted molar refractivity (Wildman–Crippen MR) is 105 cm³/mol. The first kappa shape index (κ1) is 23.6. The smallest absolute Gasteiger partial charge is 0.393 e. The number of hydrogen-bond donors (Lipinski definition) is 2. The molecule has 1 aliphatic rings. The fourth-order valence-corrected chi connectivity index (χ4v) is 3.69. The minimum Gasteiger partial charge on any atom is -0.393 e. The monoisotopic (exact) mass is 433 g/mol. The van der Waals surface area contributed by atoms with Crippen LogP contribution < -0.4 is 5.32 Å². The fourth-order valence-electron chi connectivity index (χ4n) is 3.69. The van der Waals surface area contributed by atoms with Gasteiger partial charge in [0, 0.05) is 5.41 Å². The number of alkyl halides is 3. The number of benzene rings is 2. The van der Waals surface area contributed by atoms with Crippen molar-refractivity contribution in [3.8, 4) is 0 Å². The number of hydrogen-bond acceptors (Lipinski definition) is 3. The van der Waals surface area contributed by atoms with E-state index in [4.69, 9.17) is 4.74 Å². The second-order valence-electron chi connectivity index (χ2n) is 7.15. The van der Waals surface area contributed by atoms with Crippen LogP contribution in [0.4, 0.5) is 17.6 Å². The Morgan fingerprint density at radius 2 is 1.72 bits per heavy atom. The fraction of sp³-hybridized carbons (Fsp3) is 0.429. The van der Waals surface area contributed by atoms with Gasteiger partial charge in [-0.25, -0.2) is 4.39 Å². The zero-order valence-electron chi connectivity index (χ0n) is 15.7. The quantitative estimate of drug-likeness (QED) is 0.652. The molecule has 2 aromatic rings. The lowest BCUT2D eigenvalue weighted by atomic mass is 9.74. The van der Waals surface area contributed by atoms with Gasteiger partial charge in [0.2, 0.25) is 0 Å². The first-order chi connectivity index (χ1) is 13.3. The van der Waals surface area contributed by atoms with E-state index in [1.807, 2.05) is 30.3 Å². The average Bonchev–Trinajstić information content (AvgIpc) is 2.69. The van der Waals surface area contributed by atoms with Gasteiger partial charge in [-0.3, -0.25) is 0 Å². The molecule has 3 nitrogen and oxygen atoms in total. The number of aliphatic hydroxyl groups excluding tert-OH is 1. The summed E-state index contributed by atoms with van der Waals surface area (Å²) >= 11 is 0.